The molecule has 0 aliphatic carbocycles. The SMILES string of the molecule is CC(C)(C)/C(O)=C/C(=O)CCc1ccccc1-c1cc(-c2ccccc2CCC(=O)/C=C(\O)C(C)(C)C)cc(-c2ccccc2-c2c[c-]c(-c3ccccn3)cc2)c1.[Ir]. The van der Waals surface area contributed by atoms with Crippen molar-refractivity contribution < 1.29 is 39.9 Å². The van der Waals surface area contributed by atoms with Gasteiger partial charge >= 0.3 is 0 Å². The molecular weight excluding hydrogens is 907 g/mol. The van der Waals surface area contributed by atoms with Gasteiger partial charge in [-0.1, -0.05) is 138 Å². The van der Waals surface area contributed by atoms with Gasteiger partial charge in [0.1, 0.15) is 11.5 Å². The van der Waals surface area contributed by atoms with Crippen LogP contribution in [0.3, 0.4) is 0 Å². The molecule has 2 N–H and O–H groups in total. The van der Waals surface area contributed by atoms with Crippen molar-refractivity contribution in [3.63, 3.8) is 0 Å². The number of aliphatic hydroxyl groups excluding tert-OH is 2. The zero-order chi connectivity index (χ0) is 41.5. The minimum absolute atomic E-state index is 0. The van der Waals surface area contributed by atoms with Gasteiger partial charge in [0.25, 0.3) is 0 Å². The van der Waals surface area contributed by atoms with Gasteiger partial charge < -0.3 is 15.2 Å². The third-order valence-corrected chi connectivity index (χ3v) is 10.3. The molecular formula is C53H52IrNO4-. The van der Waals surface area contributed by atoms with E-state index >= 15 is 0 Å². The Morgan fingerprint density at radius 3 is 1.41 bits per heavy atom. The first kappa shape index (κ1) is 44.4. The van der Waals surface area contributed by atoms with Crippen LogP contribution in [-0.4, -0.2) is 26.8 Å². The molecule has 1 aromatic heterocycles. The van der Waals surface area contributed by atoms with Crippen LogP contribution in [0.25, 0.3) is 55.8 Å². The van der Waals surface area contributed by atoms with Gasteiger partial charge in [-0.3, -0.25) is 9.59 Å². The van der Waals surface area contributed by atoms with Crippen LogP contribution in [0.5, 0.6) is 0 Å². The minimum atomic E-state index is -0.506. The van der Waals surface area contributed by atoms with Crippen LogP contribution in [0.1, 0.15) is 65.5 Å². The molecule has 6 rings (SSSR count). The summed E-state index contributed by atoms with van der Waals surface area (Å²) in [4.78, 5) is 30.6. The van der Waals surface area contributed by atoms with Crippen molar-refractivity contribution in [1.29, 1.82) is 0 Å². The molecule has 0 spiro atoms. The largest absolute Gasteiger partial charge is 0.512 e. The molecule has 59 heavy (non-hydrogen) atoms. The van der Waals surface area contributed by atoms with Gasteiger partial charge in [0.05, 0.1) is 0 Å². The normalized spacial score (nSPS) is 12.2. The van der Waals surface area contributed by atoms with Crippen molar-refractivity contribution in [1.82, 2.24) is 4.98 Å². The second-order valence-electron chi connectivity index (χ2n) is 16.9. The third-order valence-electron chi connectivity index (χ3n) is 10.3. The average Bonchev–Trinajstić information content (AvgIpc) is 3.22. The predicted octanol–water partition coefficient (Wildman–Crippen LogP) is 13.2. The monoisotopic (exact) mass is 959 g/mol. The topological polar surface area (TPSA) is 87.5 Å². The first-order valence-corrected chi connectivity index (χ1v) is 19.9. The number of nitrogens with zero attached hydrogens (tertiary/aromatic N) is 1. The number of carbonyl (C=O) groups is 2. The molecule has 0 saturated carbocycles. The average molecular weight is 959 g/mol. The fourth-order valence-electron chi connectivity index (χ4n) is 6.79. The van der Waals surface area contributed by atoms with E-state index in [2.05, 4.69) is 83.8 Å². The van der Waals surface area contributed by atoms with Crippen LogP contribution >= 0.6 is 0 Å². The van der Waals surface area contributed by atoms with E-state index in [-0.39, 0.29) is 56.0 Å². The molecule has 303 valence electrons. The van der Waals surface area contributed by atoms with Gasteiger partial charge in [-0.15, -0.1) is 29.8 Å². The van der Waals surface area contributed by atoms with Gasteiger partial charge in [0, 0.05) is 62.1 Å². The summed E-state index contributed by atoms with van der Waals surface area (Å²) < 4.78 is 0. The van der Waals surface area contributed by atoms with Gasteiger partial charge in [0.15, 0.2) is 11.6 Å². The van der Waals surface area contributed by atoms with E-state index in [1.165, 1.54) is 12.2 Å². The van der Waals surface area contributed by atoms with Gasteiger partial charge in [-0.2, -0.15) is 0 Å². The van der Waals surface area contributed by atoms with Crippen molar-refractivity contribution >= 4 is 11.6 Å². The molecule has 0 aliphatic rings. The predicted molar refractivity (Wildman–Crippen MR) is 237 cm³/mol. The van der Waals surface area contributed by atoms with E-state index in [0.29, 0.717) is 12.8 Å². The van der Waals surface area contributed by atoms with Gasteiger partial charge in [0.2, 0.25) is 0 Å². The van der Waals surface area contributed by atoms with E-state index in [1.54, 1.807) is 6.20 Å². The van der Waals surface area contributed by atoms with Crippen LogP contribution in [0.2, 0.25) is 0 Å². The molecule has 6 heteroatoms. The van der Waals surface area contributed by atoms with Crippen LogP contribution < -0.4 is 0 Å². The third kappa shape index (κ3) is 11.5. The number of ketones is 2. The smallest absolute Gasteiger partial charge is 0.159 e. The Balaban J connectivity index is 0.00000661. The molecule has 0 amide bonds. The maximum Gasteiger partial charge on any atom is 0.159 e. The first-order chi connectivity index (χ1) is 27.7. The first-order valence-electron chi connectivity index (χ1n) is 19.9. The number of allylic oxidation sites excluding steroid dienone is 4. The Labute approximate surface area is 363 Å². The van der Waals surface area contributed by atoms with Crippen LogP contribution in [0, 0.1) is 16.9 Å². The summed E-state index contributed by atoms with van der Waals surface area (Å²) in [6.45, 7) is 11.3. The molecule has 1 radical (unpaired) electrons. The summed E-state index contributed by atoms with van der Waals surface area (Å²) in [7, 11) is 0. The number of aryl methyl sites for hydroxylation is 2. The van der Waals surface area contributed by atoms with Crippen molar-refractivity contribution in [3.8, 4) is 55.8 Å². The van der Waals surface area contributed by atoms with Gasteiger partial charge in [-0.05, 0) is 87.3 Å². The maximum absolute atomic E-state index is 13.0. The summed E-state index contributed by atoms with van der Waals surface area (Å²) in [6, 6.07) is 46.8. The number of rotatable bonds is 13. The Morgan fingerprint density at radius 1 is 0.559 bits per heavy atom. The Hall–Kier alpha value is -5.68. The summed E-state index contributed by atoms with van der Waals surface area (Å²) in [5, 5.41) is 21.0. The number of hydrogen-bond donors (Lipinski definition) is 2. The molecule has 0 bridgehead atoms. The number of carbonyl (C=O) groups excluding carboxylic acids is 2. The fraction of sp³-hybridized carbons (Fsp3) is 0.226. The number of aliphatic hydroxyl groups is 2. The number of benzene rings is 5. The second kappa shape index (κ2) is 19.4. The molecule has 1 heterocycles. The number of pyridine rings is 1. The quantitative estimate of drug-likeness (QED) is 0.0684. The summed E-state index contributed by atoms with van der Waals surface area (Å²) in [6.07, 6.45) is 6.03. The zero-order valence-electron chi connectivity index (χ0n) is 34.7. The molecule has 5 nitrogen and oxygen atoms in total. The van der Waals surface area contributed by atoms with Gasteiger partial charge in [-0.25, -0.2) is 0 Å². The molecule has 0 aliphatic heterocycles. The van der Waals surface area contributed by atoms with Crippen LogP contribution in [0.15, 0.2) is 157 Å². The zero-order valence-corrected chi connectivity index (χ0v) is 37.1. The van der Waals surface area contributed by atoms with E-state index in [4.69, 9.17) is 0 Å². The fourth-order valence-corrected chi connectivity index (χ4v) is 6.79. The molecule has 0 fully saturated rings. The van der Waals surface area contributed by atoms with Crippen molar-refractivity contribution in [2.75, 3.05) is 0 Å². The molecule has 0 atom stereocenters. The van der Waals surface area contributed by atoms with E-state index in [0.717, 1.165) is 66.9 Å². The molecule has 5 aromatic carbocycles. The van der Waals surface area contributed by atoms with Crippen molar-refractivity contribution in [2.24, 2.45) is 10.8 Å². The minimum Gasteiger partial charge on any atom is -0.512 e. The van der Waals surface area contributed by atoms with E-state index in [1.807, 2.05) is 96.1 Å². The van der Waals surface area contributed by atoms with E-state index in [9.17, 15) is 19.8 Å². The second-order valence-corrected chi connectivity index (χ2v) is 16.9. The van der Waals surface area contributed by atoms with Crippen molar-refractivity contribution in [3.05, 3.63) is 174 Å². The number of hydrogen-bond acceptors (Lipinski definition) is 5. The van der Waals surface area contributed by atoms with E-state index < -0.39 is 10.8 Å². The summed E-state index contributed by atoms with van der Waals surface area (Å²) in [5.41, 5.74) is 11.0. The molecule has 0 unspecified atom stereocenters. The Kier molecular flexibility index (Phi) is 14.6. The summed E-state index contributed by atoms with van der Waals surface area (Å²) in [5.74, 6) is -0.0856. The maximum atomic E-state index is 13.0. The van der Waals surface area contributed by atoms with Crippen molar-refractivity contribution in [2.45, 2.75) is 67.2 Å². The van der Waals surface area contributed by atoms with Crippen LogP contribution in [0.4, 0.5) is 0 Å². The van der Waals surface area contributed by atoms with Crippen LogP contribution in [-0.2, 0) is 42.5 Å². The number of aromatic nitrogens is 1. The Morgan fingerprint density at radius 2 is 0.983 bits per heavy atom. The summed E-state index contributed by atoms with van der Waals surface area (Å²) >= 11 is 0. The molecule has 6 aromatic rings. The molecule has 0 saturated heterocycles. The Bertz CT molecular complexity index is 2360. The standard InChI is InChI=1S/C53H52NO4.Ir/c1-52(2,3)50(57)34-43(55)28-26-36-15-7-9-17-45(36)40-31-41(46-18-10-8-16-37(46)27-29-44(56)35-51(58)53(4,5)6)33-42(32-40)48-20-12-11-19-47(48)38-22-24-39(25-23-38)49-21-13-14-30-54-49;/h7-24,30-35,57-58H,26-29H2,1-6H3;/q-1;/b50-34-,51-35-;.